The highest BCUT2D eigenvalue weighted by Gasteiger charge is 2.36. The minimum Gasteiger partial charge on any atom is -0.384 e. The second-order valence-corrected chi connectivity index (χ2v) is 4.73. The van der Waals surface area contributed by atoms with Crippen molar-refractivity contribution in [1.82, 2.24) is 15.0 Å². The molecule has 1 fully saturated rings. The van der Waals surface area contributed by atoms with Crippen LogP contribution in [0.4, 0.5) is 0 Å². The number of hydrogen-bond donors (Lipinski definition) is 1. The number of nitrogens with zero attached hydrogens (tertiary/aromatic N) is 3. The topological polar surface area (TPSA) is 50.9 Å². The Kier molecular flexibility index (Phi) is 2.78. The van der Waals surface area contributed by atoms with E-state index in [2.05, 4.69) is 10.3 Å². The molecule has 0 aliphatic heterocycles. The van der Waals surface area contributed by atoms with Crippen LogP contribution in [-0.4, -0.2) is 20.1 Å². The molecule has 2 rings (SSSR count). The van der Waals surface area contributed by atoms with E-state index in [-0.39, 0.29) is 0 Å². The van der Waals surface area contributed by atoms with Gasteiger partial charge in [0.05, 0.1) is 11.9 Å². The predicted octanol–water partition coefficient (Wildman–Crippen LogP) is 1.60. The fourth-order valence-corrected chi connectivity index (χ4v) is 2.62. The molecular formula is C11H19N3O. The van der Waals surface area contributed by atoms with E-state index in [1.54, 1.807) is 10.9 Å². The molecule has 1 saturated carbocycles. The Bertz CT molecular complexity index is 326. The van der Waals surface area contributed by atoms with E-state index in [1.165, 1.54) is 19.3 Å². The minimum atomic E-state index is -0.779. The van der Waals surface area contributed by atoms with Crippen LogP contribution in [0, 0.1) is 5.92 Å². The fraction of sp³-hybridized carbons (Fsp3) is 0.818. The third-order valence-electron chi connectivity index (χ3n) is 3.63. The van der Waals surface area contributed by atoms with Crippen LogP contribution in [0.3, 0.4) is 0 Å². The molecular weight excluding hydrogens is 190 g/mol. The molecule has 1 heterocycles. The zero-order valence-electron chi connectivity index (χ0n) is 9.48. The van der Waals surface area contributed by atoms with Gasteiger partial charge in [-0.05, 0) is 25.7 Å². The third kappa shape index (κ3) is 1.91. The zero-order valence-corrected chi connectivity index (χ0v) is 9.48. The standard InChI is InChI=1S/C11H19N3O/c1-11(15,9-6-4-3-5-7-9)10-8-12-13-14(10)2/h8-9,15H,3-7H2,1-2H3. The molecule has 0 radical (unpaired) electrons. The largest absolute Gasteiger partial charge is 0.384 e. The molecule has 1 aliphatic rings. The van der Waals surface area contributed by atoms with Crippen LogP contribution in [-0.2, 0) is 12.6 Å². The highest BCUT2D eigenvalue weighted by molar-refractivity contribution is 5.08. The lowest BCUT2D eigenvalue weighted by molar-refractivity contribution is -0.0281. The summed E-state index contributed by atoms with van der Waals surface area (Å²) in [6, 6.07) is 0. The van der Waals surface area contributed by atoms with Gasteiger partial charge in [-0.3, -0.25) is 0 Å². The monoisotopic (exact) mass is 209 g/mol. The molecule has 0 aromatic carbocycles. The maximum Gasteiger partial charge on any atom is 0.108 e. The summed E-state index contributed by atoms with van der Waals surface area (Å²) >= 11 is 0. The SMILES string of the molecule is Cn1nncc1C(C)(O)C1CCCCC1. The van der Waals surface area contributed by atoms with Crippen LogP contribution in [0.5, 0.6) is 0 Å². The molecule has 4 heteroatoms. The van der Waals surface area contributed by atoms with E-state index in [0.29, 0.717) is 5.92 Å². The summed E-state index contributed by atoms with van der Waals surface area (Å²) in [7, 11) is 1.83. The average Bonchev–Trinajstić information content (AvgIpc) is 2.66. The number of aryl methyl sites for hydroxylation is 1. The van der Waals surface area contributed by atoms with E-state index < -0.39 is 5.60 Å². The van der Waals surface area contributed by atoms with Gasteiger partial charge in [0.25, 0.3) is 0 Å². The summed E-state index contributed by atoms with van der Waals surface area (Å²) in [6.45, 7) is 1.89. The van der Waals surface area contributed by atoms with Gasteiger partial charge in [0, 0.05) is 7.05 Å². The summed E-state index contributed by atoms with van der Waals surface area (Å²) in [5.41, 5.74) is 0.0491. The summed E-state index contributed by atoms with van der Waals surface area (Å²) in [4.78, 5) is 0. The van der Waals surface area contributed by atoms with Crippen molar-refractivity contribution in [2.45, 2.75) is 44.6 Å². The van der Waals surface area contributed by atoms with Crippen molar-refractivity contribution in [3.63, 3.8) is 0 Å². The average molecular weight is 209 g/mol. The van der Waals surface area contributed by atoms with Gasteiger partial charge in [-0.1, -0.05) is 24.5 Å². The number of hydrogen-bond acceptors (Lipinski definition) is 3. The van der Waals surface area contributed by atoms with Crippen molar-refractivity contribution >= 4 is 0 Å². The molecule has 4 nitrogen and oxygen atoms in total. The van der Waals surface area contributed by atoms with Gasteiger partial charge >= 0.3 is 0 Å². The molecule has 1 unspecified atom stereocenters. The Balaban J connectivity index is 2.21. The Morgan fingerprint density at radius 1 is 1.40 bits per heavy atom. The van der Waals surface area contributed by atoms with Crippen molar-refractivity contribution in [3.05, 3.63) is 11.9 Å². The first-order valence-corrected chi connectivity index (χ1v) is 5.70. The van der Waals surface area contributed by atoms with Crippen LogP contribution in [0.2, 0.25) is 0 Å². The lowest BCUT2D eigenvalue weighted by atomic mass is 9.76. The molecule has 1 aromatic heterocycles. The number of rotatable bonds is 2. The van der Waals surface area contributed by atoms with E-state index in [4.69, 9.17) is 0 Å². The lowest BCUT2D eigenvalue weighted by Gasteiger charge is -2.35. The van der Waals surface area contributed by atoms with E-state index in [9.17, 15) is 5.11 Å². The van der Waals surface area contributed by atoms with E-state index >= 15 is 0 Å². The maximum atomic E-state index is 10.6. The second-order valence-electron chi connectivity index (χ2n) is 4.73. The number of aromatic nitrogens is 3. The first-order valence-electron chi connectivity index (χ1n) is 5.70. The highest BCUT2D eigenvalue weighted by Crippen LogP contribution is 2.38. The van der Waals surface area contributed by atoms with Crippen molar-refractivity contribution in [1.29, 1.82) is 0 Å². The van der Waals surface area contributed by atoms with Gasteiger partial charge in [0.1, 0.15) is 5.60 Å². The molecule has 0 amide bonds. The molecule has 15 heavy (non-hydrogen) atoms. The molecule has 1 aromatic rings. The maximum absolute atomic E-state index is 10.6. The Hall–Kier alpha value is -0.900. The molecule has 0 saturated heterocycles. The Morgan fingerprint density at radius 2 is 2.07 bits per heavy atom. The highest BCUT2D eigenvalue weighted by atomic mass is 16.3. The lowest BCUT2D eigenvalue weighted by Crippen LogP contribution is -2.35. The Morgan fingerprint density at radius 3 is 2.60 bits per heavy atom. The van der Waals surface area contributed by atoms with Gasteiger partial charge in [-0.15, -0.1) is 5.10 Å². The van der Waals surface area contributed by atoms with Crippen molar-refractivity contribution < 1.29 is 5.11 Å². The smallest absolute Gasteiger partial charge is 0.108 e. The molecule has 1 atom stereocenters. The van der Waals surface area contributed by atoms with E-state index in [1.807, 2.05) is 14.0 Å². The van der Waals surface area contributed by atoms with Crippen molar-refractivity contribution in [3.8, 4) is 0 Å². The van der Waals surface area contributed by atoms with Crippen LogP contribution < -0.4 is 0 Å². The van der Waals surface area contributed by atoms with Gasteiger partial charge in [-0.25, -0.2) is 4.68 Å². The molecule has 0 spiro atoms. The summed E-state index contributed by atoms with van der Waals surface area (Å²) < 4.78 is 1.68. The zero-order chi connectivity index (χ0) is 10.9. The quantitative estimate of drug-likeness (QED) is 0.805. The van der Waals surface area contributed by atoms with Crippen LogP contribution >= 0.6 is 0 Å². The van der Waals surface area contributed by atoms with Gasteiger partial charge < -0.3 is 5.11 Å². The predicted molar refractivity (Wildman–Crippen MR) is 57.1 cm³/mol. The molecule has 0 bridgehead atoms. The molecule has 1 aliphatic carbocycles. The second kappa shape index (κ2) is 3.93. The minimum absolute atomic E-state index is 0.350. The van der Waals surface area contributed by atoms with Crippen LogP contribution in [0.1, 0.15) is 44.7 Å². The summed E-state index contributed by atoms with van der Waals surface area (Å²) in [6.07, 6.45) is 7.65. The number of aliphatic hydroxyl groups is 1. The van der Waals surface area contributed by atoms with Crippen LogP contribution in [0.25, 0.3) is 0 Å². The van der Waals surface area contributed by atoms with Crippen molar-refractivity contribution in [2.75, 3.05) is 0 Å². The van der Waals surface area contributed by atoms with Crippen molar-refractivity contribution in [2.24, 2.45) is 13.0 Å². The van der Waals surface area contributed by atoms with Crippen LogP contribution in [0.15, 0.2) is 6.20 Å². The molecule has 1 N–H and O–H groups in total. The van der Waals surface area contributed by atoms with E-state index in [0.717, 1.165) is 18.5 Å². The van der Waals surface area contributed by atoms with Gasteiger partial charge in [-0.2, -0.15) is 0 Å². The summed E-state index contributed by atoms with van der Waals surface area (Å²) in [5.74, 6) is 0.350. The first-order chi connectivity index (χ1) is 7.12. The summed E-state index contributed by atoms with van der Waals surface area (Å²) in [5, 5.41) is 18.3. The Labute approximate surface area is 90.3 Å². The first kappa shape index (κ1) is 10.6. The molecule has 84 valence electrons. The van der Waals surface area contributed by atoms with Gasteiger partial charge in [0.2, 0.25) is 0 Å². The normalized spacial score (nSPS) is 22.6. The fourth-order valence-electron chi connectivity index (χ4n) is 2.62. The third-order valence-corrected chi connectivity index (χ3v) is 3.63. The van der Waals surface area contributed by atoms with Gasteiger partial charge in [0.15, 0.2) is 0 Å².